The summed E-state index contributed by atoms with van der Waals surface area (Å²) >= 11 is 1.47. The van der Waals surface area contributed by atoms with Crippen LogP contribution in [0.4, 0.5) is 5.13 Å². The molecule has 3 rings (SSSR count). The lowest BCUT2D eigenvalue weighted by Gasteiger charge is -2.11. The molecule has 0 saturated heterocycles. The van der Waals surface area contributed by atoms with Crippen molar-refractivity contribution in [3.05, 3.63) is 42.2 Å². The molecule has 130 valence electrons. The number of nitrogens with one attached hydrogen (secondary N) is 1. The van der Waals surface area contributed by atoms with E-state index in [-0.39, 0.29) is 0 Å². The van der Waals surface area contributed by atoms with Gasteiger partial charge in [-0.15, -0.1) is 11.3 Å². The topological polar surface area (TPSA) is 88.3 Å². The molecule has 0 aliphatic carbocycles. The van der Waals surface area contributed by atoms with Crippen molar-refractivity contribution < 1.29 is 14.3 Å². The maximum absolute atomic E-state index is 11.2. The quantitative estimate of drug-likeness (QED) is 0.622. The molecule has 0 fully saturated rings. The smallest absolute Gasteiger partial charge is 0.308 e. The first-order chi connectivity index (χ1) is 12.2. The molecule has 0 spiro atoms. The van der Waals surface area contributed by atoms with E-state index in [1.165, 1.54) is 17.7 Å². The van der Waals surface area contributed by atoms with Crippen LogP contribution in [-0.4, -0.2) is 27.6 Å². The number of hydrogen-bond acceptors (Lipinski definition) is 6. The molecule has 0 amide bonds. The summed E-state index contributed by atoms with van der Waals surface area (Å²) < 4.78 is 5.28. The minimum Gasteiger partial charge on any atom is -0.481 e. The molecule has 1 aromatic carbocycles. The normalized spacial score (nSPS) is 12.0. The Hall–Kier alpha value is -2.67. The van der Waals surface area contributed by atoms with Crippen LogP contribution in [0.3, 0.4) is 0 Å². The lowest BCUT2D eigenvalue weighted by Crippen LogP contribution is -2.22. The van der Waals surface area contributed by atoms with Gasteiger partial charge >= 0.3 is 5.97 Å². The molecule has 6 nitrogen and oxygen atoms in total. The molecule has 0 aliphatic rings. The summed E-state index contributed by atoms with van der Waals surface area (Å²) in [6.45, 7) is 2.38. The molecule has 2 N–H and O–H groups in total. The SMILES string of the molecule is CCCC(CNc1nc(-c2ccc(-c3cnco3)cc2)cs1)C(=O)O. The second-order valence-electron chi connectivity index (χ2n) is 5.69. The van der Waals surface area contributed by atoms with Crippen molar-refractivity contribution in [3.63, 3.8) is 0 Å². The first-order valence-corrected chi connectivity index (χ1v) is 8.97. The maximum atomic E-state index is 11.2. The molecule has 0 bridgehead atoms. The molecular formula is C18H19N3O3S. The van der Waals surface area contributed by atoms with Crippen LogP contribution in [0, 0.1) is 5.92 Å². The van der Waals surface area contributed by atoms with Crippen molar-refractivity contribution in [2.24, 2.45) is 5.92 Å². The summed E-state index contributed by atoms with van der Waals surface area (Å²) in [5.41, 5.74) is 2.81. The van der Waals surface area contributed by atoms with Crippen molar-refractivity contribution in [1.82, 2.24) is 9.97 Å². The average molecular weight is 357 g/mol. The molecule has 7 heteroatoms. The van der Waals surface area contributed by atoms with Gasteiger partial charge in [0.15, 0.2) is 17.3 Å². The average Bonchev–Trinajstić information content (AvgIpc) is 3.30. The molecule has 2 aromatic heterocycles. The van der Waals surface area contributed by atoms with Crippen molar-refractivity contribution in [2.45, 2.75) is 19.8 Å². The molecule has 0 radical (unpaired) electrons. The van der Waals surface area contributed by atoms with Gasteiger partial charge in [0.05, 0.1) is 17.8 Å². The molecule has 0 aliphatic heterocycles. The van der Waals surface area contributed by atoms with Crippen LogP contribution in [0.2, 0.25) is 0 Å². The Labute approximate surface area is 149 Å². The molecule has 3 aromatic rings. The number of anilines is 1. The van der Waals surface area contributed by atoms with E-state index in [1.54, 1.807) is 6.20 Å². The summed E-state index contributed by atoms with van der Waals surface area (Å²) in [6.07, 6.45) is 4.59. The number of hydrogen-bond donors (Lipinski definition) is 2. The van der Waals surface area contributed by atoms with Crippen molar-refractivity contribution in [1.29, 1.82) is 0 Å². The monoisotopic (exact) mass is 357 g/mol. The van der Waals surface area contributed by atoms with Gasteiger partial charge in [-0.2, -0.15) is 0 Å². The van der Waals surface area contributed by atoms with E-state index in [2.05, 4.69) is 15.3 Å². The maximum Gasteiger partial charge on any atom is 0.308 e. The van der Waals surface area contributed by atoms with Crippen LogP contribution >= 0.6 is 11.3 Å². The van der Waals surface area contributed by atoms with Gasteiger partial charge < -0.3 is 14.8 Å². The molecule has 1 unspecified atom stereocenters. The number of oxazole rings is 1. The Morgan fingerprint density at radius 2 is 2.08 bits per heavy atom. The number of rotatable bonds is 8. The van der Waals surface area contributed by atoms with E-state index < -0.39 is 11.9 Å². The zero-order chi connectivity index (χ0) is 17.6. The van der Waals surface area contributed by atoms with E-state index >= 15 is 0 Å². The van der Waals surface area contributed by atoms with Crippen LogP contribution < -0.4 is 5.32 Å². The Kier molecular flexibility index (Phi) is 5.45. The molecule has 0 saturated carbocycles. The van der Waals surface area contributed by atoms with E-state index in [1.807, 2.05) is 36.6 Å². The van der Waals surface area contributed by atoms with E-state index in [0.29, 0.717) is 13.0 Å². The van der Waals surface area contributed by atoms with Crippen molar-refractivity contribution in [2.75, 3.05) is 11.9 Å². The third kappa shape index (κ3) is 4.24. The number of nitrogens with zero attached hydrogens (tertiary/aromatic N) is 2. The minimum absolute atomic E-state index is 0.389. The number of thiazole rings is 1. The van der Waals surface area contributed by atoms with Crippen LogP contribution in [0.15, 0.2) is 46.7 Å². The first kappa shape index (κ1) is 17.2. The van der Waals surface area contributed by atoms with Gasteiger partial charge in [-0.05, 0) is 6.42 Å². The summed E-state index contributed by atoms with van der Waals surface area (Å²) in [5.74, 6) is -0.435. The second-order valence-corrected chi connectivity index (χ2v) is 6.54. The van der Waals surface area contributed by atoms with Gasteiger partial charge in [0.25, 0.3) is 0 Å². The summed E-state index contributed by atoms with van der Waals surface area (Å²) in [5, 5.41) is 15.0. The van der Waals surface area contributed by atoms with Crippen LogP contribution in [0.25, 0.3) is 22.6 Å². The Bertz CT molecular complexity index is 812. The predicted octanol–water partition coefficient (Wildman–Crippen LogP) is 4.38. The third-order valence-corrected chi connectivity index (χ3v) is 4.69. The van der Waals surface area contributed by atoms with Gasteiger partial charge in [-0.25, -0.2) is 9.97 Å². The van der Waals surface area contributed by atoms with Gasteiger partial charge in [0.1, 0.15) is 0 Å². The van der Waals surface area contributed by atoms with Crippen LogP contribution in [0.5, 0.6) is 0 Å². The van der Waals surface area contributed by atoms with Gasteiger partial charge in [0.2, 0.25) is 0 Å². The number of carboxylic acids is 1. The number of benzene rings is 1. The molecule has 1 atom stereocenters. The van der Waals surface area contributed by atoms with Crippen molar-refractivity contribution >= 4 is 22.4 Å². The molecule has 2 heterocycles. The lowest BCUT2D eigenvalue weighted by atomic mass is 10.0. The number of carboxylic acid groups (broad SMARTS) is 1. The van der Waals surface area contributed by atoms with E-state index in [9.17, 15) is 9.90 Å². The Morgan fingerprint density at radius 1 is 1.32 bits per heavy atom. The fourth-order valence-electron chi connectivity index (χ4n) is 2.52. The van der Waals surface area contributed by atoms with E-state index in [4.69, 9.17) is 4.42 Å². The van der Waals surface area contributed by atoms with Gasteiger partial charge in [-0.3, -0.25) is 4.79 Å². The fourth-order valence-corrected chi connectivity index (χ4v) is 3.25. The summed E-state index contributed by atoms with van der Waals surface area (Å²) in [7, 11) is 0. The second kappa shape index (κ2) is 7.94. The number of aliphatic carboxylic acids is 1. The summed E-state index contributed by atoms with van der Waals surface area (Å²) in [6, 6.07) is 7.88. The zero-order valence-corrected chi connectivity index (χ0v) is 14.6. The minimum atomic E-state index is -0.769. The Morgan fingerprint density at radius 3 is 2.72 bits per heavy atom. The summed E-state index contributed by atoms with van der Waals surface area (Å²) in [4.78, 5) is 19.7. The van der Waals surface area contributed by atoms with Gasteiger partial charge in [0, 0.05) is 23.1 Å². The fraction of sp³-hybridized carbons (Fsp3) is 0.278. The van der Waals surface area contributed by atoms with Crippen LogP contribution in [-0.2, 0) is 4.79 Å². The highest BCUT2D eigenvalue weighted by molar-refractivity contribution is 7.14. The van der Waals surface area contributed by atoms with Crippen LogP contribution in [0.1, 0.15) is 19.8 Å². The van der Waals surface area contributed by atoms with Gasteiger partial charge in [-0.1, -0.05) is 37.6 Å². The molecular weight excluding hydrogens is 338 g/mol. The molecule has 25 heavy (non-hydrogen) atoms. The third-order valence-electron chi connectivity index (χ3n) is 3.89. The van der Waals surface area contributed by atoms with Crippen molar-refractivity contribution in [3.8, 4) is 22.6 Å². The lowest BCUT2D eigenvalue weighted by molar-refractivity contribution is -0.141. The highest BCUT2D eigenvalue weighted by Gasteiger charge is 2.16. The standard InChI is InChI=1S/C18H19N3O3S/c1-2-3-14(17(22)23)8-20-18-21-15(10-25-18)12-4-6-13(7-5-12)16-9-19-11-24-16/h4-7,9-11,14H,2-3,8H2,1H3,(H,20,21)(H,22,23). The zero-order valence-electron chi connectivity index (χ0n) is 13.8. The number of aromatic nitrogens is 2. The van der Waals surface area contributed by atoms with E-state index in [0.717, 1.165) is 34.1 Å². The first-order valence-electron chi connectivity index (χ1n) is 8.09. The highest BCUT2D eigenvalue weighted by Crippen LogP contribution is 2.27. The Balaban J connectivity index is 1.66. The highest BCUT2D eigenvalue weighted by atomic mass is 32.1. The largest absolute Gasteiger partial charge is 0.481 e. The predicted molar refractivity (Wildman–Crippen MR) is 97.6 cm³/mol. The number of carbonyl (C=O) groups is 1.